The average Bonchev–Trinajstić information content (AvgIpc) is 3.46. The zero-order valence-corrected chi connectivity index (χ0v) is 19.1. The van der Waals surface area contributed by atoms with E-state index in [1.54, 1.807) is 29.7 Å². The van der Waals surface area contributed by atoms with Crippen molar-refractivity contribution in [3.05, 3.63) is 53.2 Å². The van der Waals surface area contributed by atoms with Crippen LogP contribution >= 0.6 is 0 Å². The lowest BCUT2D eigenvalue weighted by atomic mass is 10.0. The Morgan fingerprint density at radius 1 is 1.03 bits per heavy atom. The lowest BCUT2D eigenvalue weighted by Crippen LogP contribution is -2.52. The van der Waals surface area contributed by atoms with Crippen molar-refractivity contribution < 1.29 is 18.0 Å². The Labute approximate surface area is 198 Å². The maximum atomic E-state index is 14.4. The number of nitrogens with zero attached hydrogens (tertiary/aromatic N) is 9. The normalized spacial score (nSPS) is 18.0. The minimum atomic E-state index is -0.705. The summed E-state index contributed by atoms with van der Waals surface area (Å²) >= 11 is 0. The van der Waals surface area contributed by atoms with Gasteiger partial charge in [-0.3, -0.25) is 0 Å². The fraction of sp³-hybridized carbons (Fsp3) is 0.364. The first-order valence-electron chi connectivity index (χ1n) is 11.0. The predicted molar refractivity (Wildman–Crippen MR) is 120 cm³/mol. The summed E-state index contributed by atoms with van der Waals surface area (Å²) < 4.78 is 43.5. The van der Waals surface area contributed by atoms with Gasteiger partial charge in [0.15, 0.2) is 11.6 Å². The third-order valence-electron chi connectivity index (χ3n) is 6.16. The Morgan fingerprint density at radius 2 is 1.74 bits per heavy atom. The van der Waals surface area contributed by atoms with Crippen LogP contribution in [-0.4, -0.2) is 73.1 Å². The molecule has 0 N–H and O–H groups in total. The van der Waals surface area contributed by atoms with Gasteiger partial charge in [0.25, 0.3) is 0 Å². The molecule has 10 nitrogen and oxygen atoms in total. The molecule has 5 rings (SSSR count). The zero-order chi connectivity index (χ0) is 24.7. The van der Waals surface area contributed by atoms with Gasteiger partial charge >= 0.3 is 6.03 Å². The van der Waals surface area contributed by atoms with Crippen molar-refractivity contribution in [2.24, 2.45) is 12.1 Å². The second-order valence-corrected chi connectivity index (χ2v) is 8.35. The minimum absolute atomic E-state index is 0.0492. The lowest BCUT2D eigenvalue weighted by Gasteiger charge is -2.37. The topological polar surface area (TPSA) is 95.6 Å². The molecule has 2 aliphatic heterocycles. The highest BCUT2D eigenvalue weighted by Gasteiger charge is 2.34. The van der Waals surface area contributed by atoms with Crippen LogP contribution in [0.1, 0.15) is 23.9 Å². The van der Waals surface area contributed by atoms with E-state index in [1.807, 2.05) is 4.90 Å². The number of hydrogen-bond acceptors (Lipinski definition) is 7. The number of amides is 2. The van der Waals surface area contributed by atoms with Crippen molar-refractivity contribution >= 4 is 18.2 Å². The van der Waals surface area contributed by atoms with E-state index in [0.29, 0.717) is 55.8 Å². The van der Waals surface area contributed by atoms with Gasteiger partial charge in [0.1, 0.15) is 23.2 Å². The Balaban J connectivity index is 1.28. The van der Waals surface area contributed by atoms with Gasteiger partial charge in [0.05, 0.1) is 12.2 Å². The molecule has 182 valence electrons. The van der Waals surface area contributed by atoms with Crippen LogP contribution in [0.4, 0.5) is 23.9 Å². The summed E-state index contributed by atoms with van der Waals surface area (Å²) in [6, 6.07) is 2.27. The fourth-order valence-electron chi connectivity index (χ4n) is 4.17. The molecule has 0 saturated carbocycles. The number of rotatable bonds is 3. The molecule has 0 bridgehead atoms. The number of carbonyl (C=O) groups is 1. The van der Waals surface area contributed by atoms with Crippen LogP contribution in [0.25, 0.3) is 11.5 Å². The Morgan fingerprint density at radius 3 is 2.40 bits per heavy atom. The Hall–Kier alpha value is -4.03. The molecule has 4 heterocycles. The van der Waals surface area contributed by atoms with E-state index in [0.717, 1.165) is 12.3 Å². The van der Waals surface area contributed by atoms with E-state index in [-0.39, 0.29) is 11.7 Å². The van der Waals surface area contributed by atoms with Gasteiger partial charge in [0.2, 0.25) is 5.95 Å². The quantitative estimate of drug-likeness (QED) is 0.566. The van der Waals surface area contributed by atoms with Gasteiger partial charge in [-0.15, -0.1) is 10.2 Å². The molecular formula is C22H22F3N9O. The van der Waals surface area contributed by atoms with Gasteiger partial charge in [-0.05, 0) is 24.6 Å². The number of benzene rings is 1. The van der Waals surface area contributed by atoms with E-state index >= 15 is 0 Å². The molecule has 0 aliphatic carbocycles. The largest absolute Gasteiger partial charge is 0.341 e. The zero-order valence-electron chi connectivity index (χ0n) is 19.1. The molecule has 1 aromatic carbocycles. The van der Waals surface area contributed by atoms with Gasteiger partial charge in [-0.1, -0.05) is 0 Å². The van der Waals surface area contributed by atoms with Gasteiger partial charge in [0, 0.05) is 51.9 Å². The summed E-state index contributed by atoms with van der Waals surface area (Å²) in [5.74, 6) is -0.780. The highest BCUT2D eigenvalue weighted by Crippen LogP contribution is 2.30. The Kier molecular flexibility index (Phi) is 5.83. The molecule has 0 unspecified atom stereocenters. The smallest absolute Gasteiger partial charge is 0.337 e. The summed E-state index contributed by atoms with van der Waals surface area (Å²) in [6.07, 6.45) is 3.02. The van der Waals surface area contributed by atoms with E-state index in [4.69, 9.17) is 0 Å². The number of anilines is 1. The molecule has 1 atom stereocenters. The lowest BCUT2D eigenvalue weighted by molar-refractivity contribution is 0.139. The summed E-state index contributed by atoms with van der Waals surface area (Å²) in [7, 11) is 1.72. The molecule has 13 heteroatoms. The summed E-state index contributed by atoms with van der Waals surface area (Å²) in [5, 5.41) is 13.4. The number of carbonyl (C=O) groups excluding carboxylic acids is 1. The molecule has 3 aromatic rings. The molecule has 0 radical (unpaired) electrons. The number of urea groups is 1. The van der Waals surface area contributed by atoms with Crippen molar-refractivity contribution in [3.8, 4) is 11.5 Å². The molecule has 2 amide bonds. The van der Waals surface area contributed by atoms with Crippen molar-refractivity contribution in [3.63, 3.8) is 0 Å². The third-order valence-corrected chi connectivity index (χ3v) is 6.16. The number of aryl methyl sites for hydroxylation is 1. The van der Waals surface area contributed by atoms with Gasteiger partial charge in [-0.2, -0.15) is 5.10 Å². The average molecular weight is 485 g/mol. The summed E-state index contributed by atoms with van der Waals surface area (Å²) in [6.45, 7) is 3.26. The predicted octanol–water partition coefficient (Wildman–Crippen LogP) is 2.67. The monoisotopic (exact) mass is 485 g/mol. The Bertz CT molecular complexity index is 1280. The molecule has 0 spiro atoms. The maximum absolute atomic E-state index is 14.4. The van der Waals surface area contributed by atoms with Crippen molar-refractivity contribution in [2.45, 2.75) is 19.4 Å². The highest BCUT2D eigenvalue weighted by molar-refractivity contribution is 5.78. The number of piperazine rings is 1. The van der Waals surface area contributed by atoms with Crippen LogP contribution in [-0.2, 0) is 7.05 Å². The second-order valence-electron chi connectivity index (χ2n) is 8.35. The maximum Gasteiger partial charge on any atom is 0.341 e. The molecule has 1 fully saturated rings. The first-order chi connectivity index (χ1) is 16.8. The van der Waals surface area contributed by atoms with Crippen LogP contribution < -0.4 is 4.90 Å². The third kappa shape index (κ3) is 4.29. The molecular weight excluding hydrogens is 463 g/mol. The van der Waals surface area contributed by atoms with E-state index in [1.165, 1.54) is 17.1 Å². The van der Waals surface area contributed by atoms with Crippen LogP contribution in [0.15, 0.2) is 29.5 Å². The van der Waals surface area contributed by atoms with Crippen LogP contribution in [0, 0.1) is 24.4 Å². The van der Waals surface area contributed by atoms with Crippen molar-refractivity contribution in [1.82, 2.24) is 34.6 Å². The van der Waals surface area contributed by atoms with Crippen LogP contribution in [0.3, 0.4) is 0 Å². The second kappa shape index (κ2) is 8.96. The number of hydrogen-bond donors (Lipinski definition) is 0. The standard InChI is InChI=1S/C22H22F3N9O/c1-13-29-30-20(31(13)2)19-17(25)12-26-21(28-19)32-5-7-33(8-6-32)22(35)34-18(3-4-27-34)14-9-15(23)11-16(24)10-14/h4,9-12,18H,3,5-8H2,1-2H3/t18-/m0/s1. The van der Waals surface area contributed by atoms with E-state index in [2.05, 4.69) is 25.3 Å². The number of aromatic nitrogens is 5. The first-order valence-corrected chi connectivity index (χ1v) is 11.0. The summed E-state index contributed by atoms with van der Waals surface area (Å²) in [4.78, 5) is 25.1. The highest BCUT2D eigenvalue weighted by atomic mass is 19.1. The van der Waals surface area contributed by atoms with Crippen molar-refractivity contribution in [1.29, 1.82) is 0 Å². The number of halogens is 3. The minimum Gasteiger partial charge on any atom is -0.337 e. The molecule has 35 heavy (non-hydrogen) atoms. The van der Waals surface area contributed by atoms with Crippen LogP contribution in [0.5, 0.6) is 0 Å². The SMILES string of the molecule is Cc1nnc(-c2nc(N3CCN(C(=O)N4N=CC[C@H]4c4cc(F)cc(F)c4)CC3)ncc2F)n1C. The van der Waals surface area contributed by atoms with Crippen molar-refractivity contribution in [2.75, 3.05) is 31.1 Å². The molecule has 2 aromatic heterocycles. The number of hydrazone groups is 1. The first kappa shape index (κ1) is 22.7. The van der Waals surface area contributed by atoms with Gasteiger partial charge < -0.3 is 14.4 Å². The van der Waals surface area contributed by atoms with Gasteiger partial charge in [-0.25, -0.2) is 32.9 Å². The molecule has 1 saturated heterocycles. The van der Waals surface area contributed by atoms with E-state index in [9.17, 15) is 18.0 Å². The van der Waals surface area contributed by atoms with Crippen LogP contribution in [0.2, 0.25) is 0 Å². The summed E-state index contributed by atoms with van der Waals surface area (Å²) in [5.41, 5.74) is 0.395. The molecule has 2 aliphatic rings. The van der Waals surface area contributed by atoms with E-state index < -0.39 is 23.5 Å². The fourth-order valence-corrected chi connectivity index (χ4v) is 4.17.